The number of nitrogens with zero attached hydrogens (tertiary/aromatic N) is 4. The zero-order chi connectivity index (χ0) is 19.3. The molecular weight excluding hydrogens is 370 g/mol. The van der Waals surface area contributed by atoms with E-state index in [0.717, 1.165) is 34.8 Å². The molecule has 0 amide bonds. The smallest absolute Gasteiger partial charge is 0.247 e. The van der Waals surface area contributed by atoms with Crippen molar-refractivity contribution in [1.29, 1.82) is 0 Å². The first-order valence-electron chi connectivity index (χ1n) is 9.58. The zero-order valence-electron chi connectivity index (χ0n) is 16.1. The van der Waals surface area contributed by atoms with Crippen molar-refractivity contribution in [3.05, 3.63) is 53.9 Å². The van der Waals surface area contributed by atoms with E-state index in [1.807, 2.05) is 49.4 Å². The van der Waals surface area contributed by atoms with Gasteiger partial charge in [-0.25, -0.2) is 0 Å². The highest BCUT2D eigenvalue weighted by atomic mass is 32.2. The molecule has 0 bridgehead atoms. The molecule has 0 radical (unpaired) electrons. The minimum absolute atomic E-state index is 0.447. The van der Waals surface area contributed by atoms with Gasteiger partial charge in [0, 0.05) is 22.7 Å². The average Bonchev–Trinajstić information content (AvgIpc) is 2.88. The van der Waals surface area contributed by atoms with Crippen molar-refractivity contribution in [3.63, 3.8) is 0 Å². The fourth-order valence-corrected chi connectivity index (χ4v) is 3.84. The number of ether oxygens (including phenoxy) is 1. The molecule has 1 N–H and O–H groups in total. The second-order valence-corrected chi connectivity index (χ2v) is 7.76. The number of fused-ring (bicyclic) bond motifs is 3. The molecular formula is C21H23N5OS. The number of thioether (sulfide) groups is 1. The fourth-order valence-electron chi connectivity index (χ4n) is 3.07. The van der Waals surface area contributed by atoms with Gasteiger partial charge in [0.2, 0.25) is 17.3 Å². The number of rotatable bonds is 6. The Hall–Kier alpha value is -2.67. The highest BCUT2D eigenvalue weighted by Gasteiger charge is 2.26. The minimum atomic E-state index is -0.447. The van der Waals surface area contributed by atoms with E-state index in [-0.39, 0.29) is 0 Å². The first-order valence-corrected chi connectivity index (χ1v) is 10.6. The third kappa shape index (κ3) is 4.09. The number of nitrogens with one attached hydrogen (secondary N) is 1. The van der Waals surface area contributed by atoms with Gasteiger partial charge >= 0.3 is 0 Å². The molecule has 0 spiro atoms. The molecule has 1 aliphatic heterocycles. The molecule has 0 aliphatic carbocycles. The Balaban J connectivity index is 1.69. The molecule has 0 saturated carbocycles. The molecule has 1 aliphatic rings. The van der Waals surface area contributed by atoms with Crippen LogP contribution in [0, 0.1) is 6.92 Å². The summed E-state index contributed by atoms with van der Waals surface area (Å²) in [6, 6.07) is 13.9. The fraction of sp³-hybridized carbons (Fsp3) is 0.333. The predicted octanol–water partition coefficient (Wildman–Crippen LogP) is 5.03. The molecule has 0 unspecified atom stereocenters. The summed E-state index contributed by atoms with van der Waals surface area (Å²) >= 11 is 1.62. The Bertz CT molecular complexity index is 965. The summed E-state index contributed by atoms with van der Waals surface area (Å²) in [4.78, 5) is 9.29. The monoisotopic (exact) mass is 393 g/mol. The van der Waals surface area contributed by atoms with Crippen LogP contribution in [0.5, 0.6) is 5.88 Å². The highest BCUT2D eigenvalue weighted by Crippen LogP contribution is 2.39. The van der Waals surface area contributed by atoms with Gasteiger partial charge in [-0.1, -0.05) is 55.8 Å². The van der Waals surface area contributed by atoms with Crippen LogP contribution in [0.25, 0.3) is 11.3 Å². The first kappa shape index (κ1) is 18.7. The van der Waals surface area contributed by atoms with Crippen molar-refractivity contribution in [2.75, 3.05) is 11.1 Å². The molecule has 4 rings (SSSR count). The first-order chi connectivity index (χ1) is 13.7. The summed E-state index contributed by atoms with van der Waals surface area (Å²) in [7, 11) is 0. The molecule has 7 heteroatoms. The molecule has 28 heavy (non-hydrogen) atoms. The van der Waals surface area contributed by atoms with E-state index >= 15 is 0 Å². The average molecular weight is 394 g/mol. The zero-order valence-corrected chi connectivity index (χ0v) is 16.9. The van der Waals surface area contributed by atoms with E-state index in [1.165, 1.54) is 12.8 Å². The van der Waals surface area contributed by atoms with E-state index in [9.17, 15) is 0 Å². The minimum Gasteiger partial charge on any atom is -0.446 e. The summed E-state index contributed by atoms with van der Waals surface area (Å²) in [5.74, 6) is 1.46. The molecule has 3 aromatic rings. The van der Waals surface area contributed by atoms with Crippen LogP contribution >= 0.6 is 11.8 Å². The van der Waals surface area contributed by atoms with Gasteiger partial charge in [-0.15, -0.1) is 10.2 Å². The highest BCUT2D eigenvalue weighted by molar-refractivity contribution is 7.99. The topological polar surface area (TPSA) is 72.8 Å². The second-order valence-electron chi connectivity index (χ2n) is 6.70. The van der Waals surface area contributed by atoms with Crippen molar-refractivity contribution in [2.24, 2.45) is 0 Å². The summed E-state index contributed by atoms with van der Waals surface area (Å²) in [6.07, 6.45) is 3.10. The lowest BCUT2D eigenvalue weighted by atomic mass is 10.1. The third-order valence-electron chi connectivity index (χ3n) is 4.49. The van der Waals surface area contributed by atoms with Crippen molar-refractivity contribution >= 4 is 17.4 Å². The molecule has 2 aromatic heterocycles. The molecule has 3 heterocycles. The van der Waals surface area contributed by atoms with E-state index in [0.29, 0.717) is 16.7 Å². The van der Waals surface area contributed by atoms with Crippen LogP contribution in [0.2, 0.25) is 0 Å². The van der Waals surface area contributed by atoms with Gasteiger partial charge in [-0.2, -0.15) is 4.98 Å². The quantitative estimate of drug-likeness (QED) is 0.465. The normalized spacial score (nSPS) is 15.0. The molecule has 144 valence electrons. The van der Waals surface area contributed by atoms with Crippen LogP contribution in [0.15, 0.2) is 47.6 Å². The lowest BCUT2D eigenvalue weighted by molar-refractivity contribution is 0.220. The number of aromatic nitrogens is 4. The third-order valence-corrected chi connectivity index (χ3v) is 5.42. The predicted molar refractivity (Wildman–Crippen MR) is 111 cm³/mol. The number of pyridine rings is 1. The van der Waals surface area contributed by atoms with Crippen molar-refractivity contribution in [2.45, 2.75) is 44.5 Å². The maximum atomic E-state index is 6.25. The second kappa shape index (κ2) is 8.56. The SMILES string of the molecule is CCCCCSc1nnc2c(n1)O[C@@H](c1cccc(C)n1)Nc1ccccc1-2. The van der Waals surface area contributed by atoms with Crippen molar-refractivity contribution in [1.82, 2.24) is 20.2 Å². The van der Waals surface area contributed by atoms with Crippen molar-refractivity contribution < 1.29 is 4.74 Å². The van der Waals surface area contributed by atoms with E-state index in [1.54, 1.807) is 11.8 Å². The number of hydrogen-bond acceptors (Lipinski definition) is 7. The standard InChI is InChI=1S/C21H23N5OS/c1-3-4-7-13-28-21-24-20-18(25-26-21)15-10-5-6-11-16(15)23-19(27-20)17-12-8-9-14(2)22-17/h5-6,8-12,19,23H,3-4,7,13H2,1-2H3/t19-/m0/s1. The summed E-state index contributed by atoms with van der Waals surface area (Å²) in [5.41, 5.74) is 4.24. The maximum absolute atomic E-state index is 6.25. The van der Waals surface area contributed by atoms with Crippen molar-refractivity contribution in [3.8, 4) is 17.1 Å². The lowest BCUT2D eigenvalue weighted by Gasteiger charge is -2.18. The van der Waals surface area contributed by atoms with Crippen LogP contribution in [0.4, 0.5) is 5.69 Å². The summed E-state index contributed by atoms with van der Waals surface area (Å²) < 4.78 is 6.25. The molecule has 1 aromatic carbocycles. The lowest BCUT2D eigenvalue weighted by Crippen LogP contribution is -2.18. The van der Waals surface area contributed by atoms with Gasteiger partial charge in [-0.05, 0) is 31.5 Å². The Morgan fingerprint density at radius 2 is 1.93 bits per heavy atom. The van der Waals surface area contributed by atoms with Gasteiger partial charge in [-0.3, -0.25) is 4.98 Å². The maximum Gasteiger partial charge on any atom is 0.247 e. The van der Waals surface area contributed by atoms with Gasteiger partial charge in [0.15, 0.2) is 5.69 Å². The number of benzene rings is 1. The van der Waals surface area contributed by atoms with Crippen LogP contribution in [-0.4, -0.2) is 25.9 Å². The summed E-state index contributed by atoms with van der Waals surface area (Å²) in [6.45, 7) is 4.17. The summed E-state index contributed by atoms with van der Waals surface area (Å²) in [5, 5.41) is 12.8. The Morgan fingerprint density at radius 1 is 1.04 bits per heavy atom. The number of anilines is 1. The van der Waals surface area contributed by atoms with Crippen LogP contribution in [0.1, 0.15) is 43.8 Å². The molecule has 0 saturated heterocycles. The number of hydrogen-bond donors (Lipinski definition) is 1. The van der Waals surface area contributed by atoms with Gasteiger partial charge < -0.3 is 10.1 Å². The molecule has 0 fully saturated rings. The van der Waals surface area contributed by atoms with Crippen LogP contribution < -0.4 is 10.1 Å². The van der Waals surface area contributed by atoms with Gasteiger partial charge in [0.25, 0.3) is 0 Å². The Kier molecular flexibility index (Phi) is 5.71. The Morgan fingerprint density at radius 3 is 2.79 bits per heavy atom. The number of para-hydroxylation sites is 1. The van der Waals surface area contributed by atoms with E-state index < -0.39 is 6.23 Å². The van der Waals surface area contributed by atoms with Gasteiger partial charge in [0.05, 0.1) is 0 Å². The number of unbranched alkanes of at least 4 members (excludes halogenated alkanes) is 2. The largest absolute Gasteiger partial charge is 0.446 e. The van der Waals surface area contributed by atoms with Crippen LogP contribution in [0.3, 0.4) is 0 Å². The van der Waals surface area contributed by atoms with Gasteiger partial charge in [0.1, 0.15) is 5.69 Å². The van der Waals surface area contributed by atoms with Crippen LogP contribution in [-0.2, 0) is 0 Å². The van der Waals surface area contributed by atoms with E-state index in [2.05, 4.69) is 32.4 Å². The Labute approximate surface area is 169 Å². The molecule has 6 nitrogen and oxygen atoms in total. The van der Waals surface area contributed by atoms with E-state index in [4.69, 9.17) is 4.74 Å². The number of aryl methyl sites for hydroxylation is 1. The molecule has 1 atom stereocenters.